The van der Waals surface area contributed by atoms with E-state index in [0.29, 0.717) is 43.5 Å². The molecular formula is C32H28F7N9O. The lowest BCUT2D eigenvalue weighted by atomic mass is 9.89. The molecule has 2 atom stereocenters. The van der Waals surface area contributed by atoms with Gasteiger partial charge in [-0.15, -0.1) is 5.10 Å². The average molecular weight is 688 g/mol. The minimum Gasteiger partial charge on any atom is -0.385 e. The molecule has 0 amide bonds. The number of aromatic nitrogens is 7. The first-order chi connectivity index (χ1) is 23.4. The van der Waals surface area contributed by atoms with Crippen LogP contribution in [0, 0.1) is 11.6 Å². The summed E-state index contributed by atoms with van der Waals surface area (Å²) in [5.41, 5.74) is 1.84. The van der Waals surface area contributed by atoms with Crippen molar-refractivity contribution in [2.45, 2.75) is 37.1 Å². The van der Waals surface area contributed by atoms with Gasteiger partial charge in [-0.05, 0) is 45.8 Å². The Kier molecular flexibility index (Phi) is 9.45. The first-order valence-electron chi connectivity index (χ1n) is 15.0. The summed E-state index contributed by atoms with van der Waals surface area (Å²) in [5, 5.41) is 20.3. The predicted octanol–water partition coefficient (Wildman–Crippen LogP) is 5.69. The quantitative estimate of drug-likeness (QED) is 0.185. The summed E-state index contributed by atoms with van der Waals surface area (Å²) in [5.74, 6) is -7.78. The SMILES string of the molecule is OC(CC(F)(F)F)c1ncc(N2CCN(c3ccc(-c4ccc(C(F)(F)[C@H](Cn5cnnn5)c5ccc(F)cc5F)nc4)cc3)CC2)cn1. The van der Waals surface area contributed by atoms with E-state index in [0.717, 1.165) is 34.4 Å². The van der Waals surface area contributed by atoms with Crippen molar-refractivity contribution in [1.29, 1.82) is 0 Å². The molecule has 1 unspecified atom stereocenters. The molecule has 17 heteroatoms. The minimum atomic E-state index is -4.53. The van der Waals surface area contributed by atoms with Crippen LogP contribution in [0.25, 0.3) is 11.1 Å². The van der Waals surface area contributed by atoms with E-state index in [1.54, 1.807) is 0 Å². The van der Waals surface area contributed by atoms with E-state index in [2.05, 4.69) is 35.4 Å². The van der Waals surface area contributed by atoms with Gasteiger partial charge in [-0.1, -0.05) is 24.3 Å². The first-order valence-corrected chi connectivity index (χ1v) is 15.0. The second-order valence-corrected chi connectivity index (χ2v) is 11.5. The molecule has 0 bridgehead atoms. The highest BCUT2D eigenvalue weighted by Crippen LogP contribution is 2.43. The minimum absolute atomic E-state index is 0.288. The summed E-state index contributed by atoms with van der Waals surface area (Å²) in [7, 11) is 0. The van der Waals surface area contributed by atoms with Gasteiger partial charge < -0.3 is 14.9 Å². The maximum Gasteiger partial charge on any atom is 0.392 e. The zero-order valence-electron chi connectivity index (χ0n) is 25.5. The van der Waals surface area contributed by atoms with Gasteiger partial charge in [-0.3, -0.25) is 4.98 Å². The Bertz CT molecular complexity index is 1830. The highest BCUT2D eigenvalue weighted by atomic mass is 19.4. The van der Waals surface area contributed by atoms with E-state index >= 15 is 8.78 Å². The number of alkyl halides is 5. The summed E-state index contributed by atoms with van der Waals surface area (Å²) >= 11 is 0. The van der Waals surface area contributed by atoms with E-state index in [9.17, 15) is 27.1 Å². The van der Waals surface area contributed by atoms with Crippen LogP contribution in [-0.4, -0.2) is 72.6 Å². The van der Waals surface area contributed by atoms with Gasteiger partial charge in [-0.25, -0.2) is 23.4 Å². The molecule has 2 aromatic carbocycles. The monoisotopic (exact) mass is 687 g/mol. The van der Waals surface area contributed by atoms with Crippen molar-refractivity contribution in [2.24, 2.45) is 0 Å². The Morgan fingerprint density at radius 1 is 0.755 bits per heavy atom. The van der Waals surface area contributed by atoms with Crippen LogP contribution in [0.3, 0.4) is 0 Å². The number of pyridine rings is 1. The van der Waals surface area contributed by atoms with Crippen molar-refractivity contribution in [2.75, 3.05) is 36.0 Å². The number of anilines is 2. The molecule has 1 fully saturated rings. The number of halogens is 7. The van der Waals surface area contributed by atoms with Crippen molar-refractivity contribution in [3.63, 3.8) is 0 Å². The molecule has 1 aliphatic heterocycles. The molecule has 0 spiro atoms. The zero-order chi connectivity index (χ0) is 34.8. The normalized spacial score (nSPS) is 15.3. The smallest absolute Gasteiger partial charge is 0.385 e. The number of aliphatic hydroxyl groups excluding tert-OH is 1. The molecule has 1 saturated heterocycles. The maximum absolute atomic E-state index is 15.9. The standard InChI is InChI=1S/C32H28F7N9O/c33-22-4-7-25(27(34)13-22)26(18-48-19-43-44-45-48)32(38,39)29-8-3-21(15-40-29)20-1-5-23(6-2-20)46-9-11-47(12-10-46)24-16-41-30(42-17-24)28(49)14-31(35,36)37/h1-8,13,15-17,19,26,28,49H,9-12,14,18H2/t26-,28?/m1/s1. The Labute approximate surface area is 274 Å². The van der Waals surface area contributed by atoms with E-state index < -0.39 is 60.0 Å². The predicted molar refractivity (Wildman–Crippen MR) is 163 cm³/mol. The Morgan fingerprint density at radius 2 is 1.41 bits per heavy atom. The average Bonchev–Trinajstić information content (AvgIpc) is 3.61. The molecule has 4 heterocycles. The fourth-order valence-corrected chi connectivity index (χ4v) is 5.65. The summed E-state index contributed by atoms with van der Waals surface area (Å²) < 4.78 is 98.9. The molecule has 0 saturated carbocycles. The molecule has 5 aromatic rings. The van der Waals surface area contributed by atoms with Crippen LogP contribution >= 0.6 is 0 Å². The zero-order valence-corrected chi connectivity index (χ0v) is 25.5. The van der Waals surface area contributed by atoms with Crippen LogP contribution in [0.4, 0.5) is 42.1 Å². The summed E-state index contributed by atoms with van der Waals surface area (Å²) in [6.45, 7) is 1.95. The van der Waals surface area contributed by atoms with Crippen molar-refractivity contribution >= 4 is 11.4 Å². The lowest BCUT2D eigenvalue weighted by Gasteiger charge is -2.37. The fourth-order valence-electron chi connectivity index (χ4n) is 5.65. The Balaban J connectivity index is 1.10. The fraction of sp³-hybridized carbons (Fsp3) is 0.312. The molecule has 0 radical (unpaired) electrons. The van der Waals surface area contributed by atoms with Gasteiger partial charge in [0.1, 0.15) is 29.8 Å². The molecule has 0 aliphatic carbocycles. The third-order valence-electron chi connectivity index (χ3n) is 8.23. The van der Waals surface area contributed by atoms with Crippen LogP contribution in [0.2, 0.25) is 0 Å². The van der Waals surface area contributed by atoms with Crippen molar-refractivity contribution in [1.82, 2.24) is 35.2 Å². The number of hydrogen-bond donors (Lipinski definition) is 1. The molecule has 1 N–H and O–H groups in total. The number of tetrazole rings is 1. The van der Waals surface area contributed by atoms with Crippen LogP contribution in [0.1, 0.15) is 35.5 Å². The number of benzene rings is 2. The third kappa shape index (κ3) is 7.77. The number of aliphatic hydroxyl groups is 1. The second kappa shape index (κ2) is 13.7. The second-order valence-electron chi connectivity index (χ2n) is 11.5. The van der Waals surface area contributed by atoms with Crippen molar-refractivity contribution < 1.29 is 35.8 Å². The van der Waals surface area contributed by atoms with Gasteiger partial charge in [0.2, 0.25) is 0 Å². The maximum atomic E-state index is 15.9. The van der Waals surface area contributed by atoms with Gasteiger partial charge in [0.15, 0.2) is 5.82 Å². The Hall–Kier alpha value is -5.19. The Morgan fingerprint density at radius 3 is 1.98 bits per heavy atom. The van der Waals surface area contributed by atoms with Gasteiger partial charge in [0, 0.05) is 49.7 Å². The molecule has 1 aliphatic rings. The van der Waals surface area contributed by atoms with Crippen molar-refractivity contribution in [3.8, 4) is 11.1 Å². The summed E-state index contributed by atoms with van der Waals surface area (Å²) in [6.07, 6.45) is -2.56. The molecule has 6 rings (SSSR count). The third-order valence-corrected chi connectivity index (χ3v) is 8.23. The first kappa shape index (κ1) is 33.7. The summed E-state index contributed by atoms with van der Waals surface area (Å²) in [4.78, 5) is 16.0. The van der Waals surface area contributed by atoms with Crippen LogP contribution in [0.5, 0.6) is 0 Å². The molecule has 3 aromatic heterocycles. The largest absolute Gasteiger partial charge is 0.392 e. The molecule has 256 valence electrons. The van der Waals surface area contributed by atoms with Gasteiger partial charge in [0.05, 0.1) is 37.0 Å². The molecule has 49 heavy (non-hydrogen) atoms. The molecule has 10 nitrogen and oxygen atoms in total. The van der Waals surface area contributed by atoms with Gasteiger partial charge in [-0.2, -0.15) is 22.0 Å². The van der Waals surface area contributed by atoms with E-state index in [1.165, 1.54) is 30.7 Å². The number of hydrogen-bond acceptors (Lipinski definition) is 9. The number of piperazine rings is 1. The van der Waals surface area contributed by atoms with Gasteiger partial charge in [0.25, 0.3) is 5.92 Å². The van der Waals surface area contributed by atoms with Crippen LogP contribution in [-0.2, 0) is 12.5 Å². The van der Waals surface area contributed by atoms with Gasteiger partial charge >= 0.3 is 6.18 Å². The lowest BCUT2D eigenvalue weighted by molar-refractivity contribution is -0.155. The van der Waals surface area contributed by atoms with Crippen LogP contribution in [0.15, 0.2) is 79.5 Å². The van der Waals surface area contributed by atoms with E-state index in [-0.39, 0.29) is 5.82 Å². The van der Waals surface area contributed by atoms with E-state index in [4.69, 9.17) is 0 Å². The molecular weight excluding hydrogens is 659 g/mol. The van der Waals surface area contributed by atoms with E-state index in [1.807, 2.05) is 29.2 Å². The topological polar surface area (TPSA) is 109 Å². The number of rotatable bonds is 10. The van der Waals surface area contributed by atoms with Crippen LogP contribution < -0.4 is 9.80 Å². The highest BCUT2D eigenvalue weighted by Gasteiger charge is 2.45. The lowest BCUT2D eigenvalue weighted by Crippen LogP contribution is -2.46. The highest BCUT2D eigenvalue weighted by molar-refractivity contribution is 5.66. The summed E-state index contributed by atoms with van der Waals surface area (Å²) in [6, 6.07) is 12.6. The number of nitrogens with zero attached hydrogens (tertiary/aromatic N) is 9. The van der Waals surface area contributed by atoms with Crippen molar-refractivity contribution in [3.05, 3.63) is 108 Å².